The number of carbonyl (C=O) groups is 1. The molecule has 148 valence electrons. The molecule has 0 aliphatic carbocycles. The molecule has 0 saturated carbocycles. The maximum atomic E-state index is 13.1. The van der Waals surface area contributed by atoms with E-state index in [9.17, 15) is 20.0 Å². The summed E-state index contributed by atoms with van der Waals surface area (Å²) in [6, 6.07) is 20.6. The lowest BCUT2D eigenvalue weighted by atomic mass is 10.1. The number of non-ortho nitro benzene ring substituents is 1. The predicted molar refractivity (Wildman–Crippen MR) is 116 cm³/mol. The number of para-hydroxylation sites is 1. The lowest BCUT2D eigenvalue weighted by Crippen LogP contribution is -2.25. The summed E-state index contributed by atoms with van der Waals surface area (Å²) >= 11 is 0. The molecule has 0 atom stereocenters. The second-order valence-electron chi connectivity index (χ2n) is 6.86. The topological polar surface area (TPSA) is 83.7 Å². The number of hydrogen-bond acceptors (Lipinski definition) is 4. The van der Waals surface area contributed by atoms with Gasteiger partial charge in [0.15, 0.2) is 0 Å². The summed E-state index contributed by atoms with van der Waals surface area (Å²) in [4.78, 5) is 25.1. The van der Waals surface area contributed by atoms with E-state index >= 15 is 0 Å². The Bertz CT molecular complexity index is 1160. The number of phenolic OH excluding ortho intramolecular Hbond substituents is 1. The number of rotatable bonds is 5. The van der Waals surface area contributed by atoms with Gasteiger partial charge in [0.1, 0.15) is 5.75 Å². The number of amides is 1. The smallest absolute Gasteiger partial charge is 0.269 e. The summed E-state index contributed by atoms with van der Waals surface area (Å²) in [5.74, 6) is 0.0847. The Hall–Kier alpha value is -4.19. The van der Waals surface area contributed by atoms with Crippen LogP contribution in [0.3, 0.4) is 0 Å². The van der Waals surface area contributed by atoms with Crippen LogP contribution in [-0.4, -0.2) is 15.9 Å². The molecule has 0 saturated heterocycles. The summed E-state index contributed by atoms with van der Waals surface area (Å²) in [6.45, 7) is 0.402. The van der Waals surface area contributed by atoms with Crippen molar-refractivity contribution in [2.75, 3.05) is 4.90 Å². The molecule has 1 amide bonds. The summed E-state index contributed by atoms with van der Waals surface area (Å²) < 4.78 is 0. The van der Waals surface area contributed by atoms with Crippen LogP contribution in [0.5, 0.6) is 5.75 Å². The Morgan fingerprint density at radius 2 is 1.67 bits per heavy atom. The molecule has 1 aliphatic rings. The van der Waals surface area contributed by atoms with Gasteiger partial charge in [0.05, 0.1) is 17.2 Å². The molecule has 6 heteroatoms. The highest BCUT2D eigenvalue weighted by atomic mass is 16.6. The van der Waals surface area contributed by atoms with Gasteiger partial charge in [-0.05, 0) is 47.5 Å². The molecular formula is C24H18N2O4. The van der Waals surface area contributed by atoms with Gasteiger partial charge in [-0.3, -0.25) is 14.9 Å². The number of aromatic hydroxyl groups is 1. The number of carbonyl (C=O) groups excluding carboxylic acids is 1. The van der Waals surface area contributed by atoms with Gasteiger partial charge in [-0.2, -0.15) is 0 Å². The predicted octanol–water partition coefficient (Wildman–Crippen LogP) is 4.94. The van der Waals surface area contributed by atoms with Crippen LogP contribution < -0.4 is 4.90 Å². The Labute approximate surface area is 173 Å². The maximum Gasteiger partial charge on any atom is 0.269 e. The standard InChI is InChI=1S/C24H18N2O4/c27-20-14-10-18(11-15-20)16-25-23-7-2-1-5-21(23)22(24(25)28)6-3-4-17-8-12-19(13-9-17)26(29)30/h1-15,27H,16H2/b4-3+,22-6-. The van der Waals surface area contributed by atoms with Crippen molar-refractivity contribution in [3.05, 3.63) is 112 Å². The van der Waals surface area contributed by atoms with E-state index in [4.69, 9.17) is 0 Å². The number of nitrogens with zero attached hydrogens (tertiary/aromatic N) is 2. The van der Waals surface area contributed by atoms with Gasteiger partial charge in [-0.15, -0.1) is 0 Å². The SMILES string of the molecule is O=C1/C(=C\C=C\c2ccc([N+](=O)[O-])cc2)c2ccccc2N1Cc1ccc(O)cc1. The molecule has 0 radical (unpaired) electrons. The Morgan fingerprint density at radius 3 is 2.37 bits per heavy atom. The van der Waals surface area contributed by atoms with Crippen molar-refractivity contribution in [2.45, 2.75) is 6.54 Å². The Morgan fingerprint density at radius 1 is 0.967 bits per heavy atom. The quantitative estimate of drug-likeness (QED) is 0.375. The van der Waals surface area contributed by atoms with Crippen molar-refractivity contribution in [1.82, 2.24) is 0 Å². The van der Waals surface area contributed by atoms with Gasteiger partial charge in [-0.1, -0.05) is 42.5 Å². The second-order valence-corrected chi connectivity index (χ2v) is 6.86. The highest BCUT2D eigenvalue weighted by Crippen LogP contribution is 2.37. The fourth-order valence-corrected chi connectivity index (χ4v) is 3.37. The Balaban J connectivity index is 1.59. The zero-order valence-electron chi connectivity index (χ0n) is 15.9. The number of hydrogen-bond donors (Lipinski definition) is 1. The minimum absolute atomic E-state index is 0.0373. The third kappa shape index (κ3) is 3.84. The van der Waals surface area contributed by atoms with Gasteiger partial charge < -0.3 is 10.0 Å². The lowest BCUT2D eigenvalue weighted by molar-refractivity contribution is -0.384. The van der Waals surface area contributed by atoms with Gasteiger partial charge in [-0.25, -0.2) is 0 Å². The summed E-state index contributed by atoms with van der Waals surface area (Å²) in [5.41, 5.74) is 4.04. The lowest BCUT2D eigenvalue weighted by Gasteiger charge is -2.17. The average molecular weight is 398 g/mol. The minimum Gasteiger partial charge on any atom is -0.508 e. The van der Waals surface area contributed by atoms with E-state index in [-0.39, 0.29) is 17.3 Å². The monoisotopic (exact) mass is 398 g/mol. The summed E-state index contributed by atoms with van der Waals surface area (Å²) in [6.07, 6.45) is 5.34. The van der Waals surface area contributed by atoms with Crippen LogP contribution in [0.2, 0.25) is 0 Å². The number of anilines is 1. The third-order valence-electron chi connectivity index (χ3n) is 4.89. The van der Waals surface area contributed by atoms with Crippen LogP contribution in [0.1, 0.15) is 16.7 Å². The summed E-state index contributed by atoms with van der Waals surface area (Å²) in [5, 5.41) is 20.2. The molecular weight excluding hydrogens is 380 g/mol. The number of fused-ring (bicyclic) bond motifs is 1. The van der Waals surface area contributed by atoms with E-state index in [1.54, 1.807) is 59.5 Å². The first-order chi connectivity index (χ1) is 14.5. The zero-order chi connectivity index (χ0) is 21.1. The van der Waals surface area contributed by atoms with Crippen molar-refractivity contribution in [3.63, 3.8) is 0 Å². The second kappa shape index (κ2) is 8.05. The molecule has 0 aromatic heterocycles. The third-order valence-corrected chi connectivity index (χ3v) is 4.89. The van der Waals surface area contributed by atoms with Gasteiger partial charge >= 0.3 is 0 Å². The Kier molecular flexibility index (Phi) is 5.13. The number of benzene rings is 3. The van der Waals surface area contributed by atoms with E-state index < -0.39 is 4.92 Å². The van der Waals surface area contributed by atoms with Crippen LogP contribution in [0.25, 0.3) is 11.6 Å². The zero-order valence-corrected chi connectivity index (χ0v) is 15.9. The molecule has 0 unspecified atom stereocenters. The van der Waals surface area contributed by atoms with Crippen molar-refractivity contribution in [2.24, 2.45) is 0 Å². The van der Waals surface area contributed by atoms with E-state index in [0.29, 0.717) is 12.1 Å². The molecule has 1 aliphatic heterocycles. The van der Waals surface area contributed by atoms with Crippen LogP contribution in [-0.2, 0) is 11.3 Å². The number of phenols is 1. The first-order valence-electron chi connectivity index (χ1n) is 9.35. The fraction of sp³-hybridized carbons (Fsp3) is 0.0417. The fourth-order valence-electron chi connectivity index (χ4n) is 3.37. The van der Waals surface area contributed by atoms with Gasteiger partial charge in [0, 0.05) is 23.3 Å². The number of nitro groups is 1. The van der Waals surface area contributed by atoms with Gasteiger partial charge in [0.25, 0.3) is 11.6 Å². The van der Waals surface area contributed by atoms with Crippen LogP contribution in [0, 0.1) is 10.1 Å². The molecule has 0 bridgehead atoms. The first-order valence-corrected chi connectivity index (χ1v) is 9.35. The molecule has 0 fully saturated rings. The molecule has 3 aromatic carbocycles. The molecule has 30 heavy (non-hydrogen) atoms. The minimum atomic E-state index is -0.438. The first kappa shape index (κ1) is 19.1. The average Bonchev–Trinajstić information content (AvgIpc) is 3.01. The molecule has 1 heterocycles. The van der Waals surface area contributed by atoms with Crippen molar-refractivity contribution >= 4 is 28.9 Å². The maximum absolute atomic E-state index is 13.1. The molecule has 4 rings (SSSR count). The number of nitro benzene ring substituents is 1. The molecule has 6 nitrogen and oxygen atoms in total. The highest BCUT2D eigenvalue weighted by molar-refractivity contribution is 6.32. The van der Waals surface area contributed by atoms with Crippen molar-refractivity contribution in [3.8, 4) is 5.75 Å². The molecule has 0 spiro atoms. The van der Waals surface area contributed by atoms with Gasteiger partial charge in [0.2, 0.25) is 0 Å². The normalized spacial score (nSPS) is 14.5. The largest absolute Gasteiger partial charge is 0.508 e. The van der Waals surface area contributed by atoms with Crippen LogP contribution in [0.15, 0.2) is 84.9 Å². The van der Waals surface area contributed by atoms with Crippen LogP contribution >= 0.6 is 0 Å². The molecule has 3 aromatic rings. The number of allylic oxidation sites excluding steroid dienone is 2. The summed E-state index contributed by atoms with van der Waals surface area (Å²) in [7, 11) is 0. The van der Waals surface area contributed by atoms with E-state index in [2.05, 4.69) is 0 Å². The van der Waals surface area contributed by atoms with Crippen molar-refractivity contribution < 1.29 is 14.8 Å². The molecule has 1 N–H and O–H groups in total. The van der Waals surface area contributed by atoms with Crippen LogP contribution in [0.4, 0.5) is 11.4 Å². The highest BCUT2D eigenvalue weighted by Gasteiger charge is 2.31. The van der Waals surface area contributed by atoms with Crippen molar-refractivity contribution in [1.29, 1.82) is 0 Å². The van der Waals surface area contributed by atoms with E-state index in [1.165, 1.54) is 12.1 Å². The van der Waals surface area contributed by atoms with E-state index in [0.717, 1.165) is 22.4 Å². The van der Waals surface area contributed by atoms with E-state index in [1.807, 2.05) is 24.3 Å².